The van der Waals surface area contributed by atoms with E-state index in [0.29, 0.717) is 27.9 Å². The van der Waals surface area contributed by atoms with Gasteiger partial charge in [0.2, 0.25) is 5.95 Å². The first-order chi connectivity index (χ1) is 35.1. The summed E-state index contributed by atoms with van der Waals surface area (Å²) in [6, 6.07) is 19.3. The molecule has 0 fully saturated rings. The highest BCUT2D eigenvalue weighted by atomic mass is 32.1. The molecule has 6 nitrogen and oxygen atoms in total. The van der Waals surface area contributed by atoms with Crippen LogP contribution in [0.3, 0.4) is 0 Å². The summed E-state index contributed by atoms with van der Waals surface area (Å²) in [4.78, 5) is 16.7. The van der Waals surface area contributed by atoms with Crippen LogP contribution in [-0.2, 0) is 0 Å². The highest BCUT2D eigenvalue weighted by Crippen LogP contribution is 2.48. The monoisotopic (exact) mass is 806 g/mol. The number of nitrogens with zero attached hydrogens (tertiary/aromatic N) is 4. The van der Waals surface area contributed by atoms with E-state index in [1.54, 1.807) is 11.0 Å². The molecule has 0 spiro atoms. The van der Waals surface area contributed by atoms with Gasteiger partial charge in [-0.05, 0) is 66.6 Å². The second kappa shape index (κ2) is 12.6. The van der Waals surface area contributed by atoms with Crippen molar-refractivity contribution in [3.8, 4) is 22.8 Å². The Labute approximate surface area is 363 Å². The van der Waals surface area contributed by atoms with Gasteiger partial charge in [0.15, 0.2) is 11.6 Å². The van der Waals surface area contributed by atoms with E-state index in [1.165, 1.54) is 11.3 Å². The van der Waals surface area contributed by atoms with Crippen LogP contribution in [0.5, 0.6) is 0 Å². The van der Waals surface area contributed by atoms with Crippen molar-refractivity contribution in [1.29, 1.82) is 0 Å². The number of anilines is 3. The fourth-order valence-corrected chi connectivity index (χ4v) is 9.88. The zero-order chi connectivity index (χ0) is 50.8. The smallest absolute Gasteiger partial charge is 0.238 e. The van der Waals surface area contributed by atoms with Crippen LogP contribution in [0, 0.1) is 0 Å². The summed E-state index contributed by atoms with van der Waals surface area (Å²) in [6.45, 7) is 0. The third-order valence-electron chi connectivity index (χ3n) is 10.3. The van der Waals surface area contributed by atoms with Gasteiger partial charge in [0.25, 0.3) is 0 Å². The molecule has 13 rings (SSSR count). The summed E-state index contributed by atoms with van der Waals surface area (Å²) in [6.07, 6.45) is 0. The molecule has 0 radical (unpaired) electrons. The van der Waals surface area contributed by atoms with E-state index in [2.05, 4.69) is 0 Å². The summed E-state index contributed by atoms with van der Waals surface area (Å²) in [7, 11) is 0. The van der Waals surface area contributed by atoms with Gasteiger partial charge in [-0.3, -0.25) is 4.90 Å². The highest BCUT2D eigenvalue weighted by Gasteiger charge is 2.26. The molecular formula is C51H28N4O2S2. The number of benzene rings is 8. The predicted octanol–water partition coefficient (Wildman–Crippen LogP) is 15.2. The topological polar surface area (TPSA) is 68.2 Å². The highest BCUT2D eigenvalue weighted by molar-refractivity contribution is 7.26. The number of hydrogen-bond acceptors (Lipinski definition) is 8. The lowest BCUT2D eigenvalue weighted by Gasteiger charge is -2.25. The Kier molecular flexibility index (Phi) is 4.67. The lowest BCUT2D eigenvalue weighted by molar-refractivity contribution is 0.668. The van der Waals surface area contributed by atoms with E-state index in [9.17, 15) is 8.22 Å². The molecule has 276 valence electrons. The van der Waals surface area contributed by atoms with Gasteiger partial charge in [-0.2, -0.15) is 9.97 Å². The van der Waals surface area contributed by atoms with Crippen LogP contribution >= 0.6 is 22.7 Å². The minimum Gasteiger partial charge on any atom is -0.456 e. The molecular weight excluding hydrogens is 765 g/mol. The minimum absolute atomic E-state index is 0.0103. The average molecular weight is 807 g/mol. The largest absolute Gasteiger partial charge is 0.456 e. The number of thiophene rings is 2. The van der Waals surface area contributed by atoms with Gasteiger partial charge < -0.3 is 8.83 Å². The standard InChI is InChI=1S/C51H28N4O2S2/c1-5-18-40-31(11-1)37-27-29(24-26-42(37)56-40)49-52-50(30-23-25-34-32-12-3-7-21-44(32)58-46(34)28-30)54-51(53-49)55(38-16-10-20-43-47(38)36-14-2-6-19-41(36)57-43)39-17-9-15-35-33-13-4-8-22-45(33)59-48(35)39/h1-28H/i1D,3D,5D,7D,11D,12D,18D,21D,23D,24D,25D,26D,27D,28D. The summed E-state index contributed by atoms with van der Waals surface area (Å²) in [5.41, 5.74) is 0.824. The minimum atomic E-state index is -0.613. The molecule has 0 aliphatic carbocycles. The van der Waals surface area contributed by atoms with E-state index in [0.717, 1.165) is 36.9 Å². The molecule has 8 aromatic carbocycles. The Morgan fingerprint density at radius 3 is 2.05 bits per heavy atom. The van der Waals surface area contributed by atoms with Crippen LogP contribution in [0.2, 0.25) is 0 Å². The van der Waals surface area contributed by atoms with Crippen LogP contribution in [0.15, 0.2) is 178 Å². The Bertz CT molecular complexity index is 4670. The van der Waals surface area contributed by atoms with Crippen molar-refractivity contribution >= 4 is 124 Å². The van der Waals surface area contributed by atoms with Crippen LogP contribution in [0.25, 0.3) is 107 Å². The number of aromatic nitrogens is 3. The van der Waals surface area contributed by atoms with Crippen LogP contribution < -0.4 is 4.90 Å². The number of furan rings is 2. The SMILES string of the molecule is [2H]c1c([2H])c([2H])c2c(oc3c([2H])c([2H])c(-c4nc(-c5c([2H])c([2H])c6c(sc7c([2H])c([2H])c([2H])c([2H])c76)c5[2H])nc(N(c5cccc6c5sc5ccccc56)c5cccc6oc7ccccc7c56)n4)c([2H])c32)c1[2H]. The third-order valence-corrected chi connectivity index (χ3v) is 12.5. The first kappa shape index (κ1) is 21.9. The molecule has 5 aromatic heterocycles. The maximum atomic E-state index is 9.79. The summed E-state index contributed by atoms with van der Waals surface area (Å²) >= 11 is 2.37. The Morgan fingerprint density at radius 2 is 1.12 bits per heavy atom. The number of para-hydroxylation sites is 2. The van der Waals surface area contributed by atoms with Crippen molar-refractivity contribution in [2.45, 2.75) is 0 Å². The first-order valence-corrected chi connectivity index (χ1v) is 19.9. The fraction of sp³-hybridized carbons (Fsp3) is 0. The molecule has 59 heavy (non-hydrogen) atoms. The van der Waals surface area contributed by atoms with E-state index < -0.39 is 78.3 Å². The molecule has 0 N–H and O–H groups in total. The molecule has 8 heteroatoms. The molecule has 13 aromatic rings. The van der Waals surface area contributed by atoms with Gasteiger partial charge in [0.1, 0.15) is 22.3 Å². The molecule has 0 aliphatic heterocycles. The van der Waals surface area contributed by atoms with Crippen molar-refractivity contribution in [2.24, 2.45) is 0 Å². The Balaban J connectivity index is 1.20. The van der Waals surface area contributed by atoms with Gasteiger partial charge >= 0.3 is 0 Å². The molecule has 0 aliphatic rings. The number of rotatable bonds is 5. The molecule has 0 unspecified atom stereocenters. The van der Waals surface area contributed by atoms with Crippen LogP contribution in [0.4, 0.5) is 17.3 Å². The second-order valence-electron chi connectivity index (χ2n) is 13.6. The zero-order valence-electron chi connectivity index (χ0n) is 44.0. The normalized spacial score (nSPS) is 15.4. The zero-order valence-corrected chi connectivity index (χ0v) is 31.6. The molecule has 0 saturated carbocycles. The average Bonchev–Trinajstić information content (AvgIpc) is 4.19. The van der Waals surface area contributed by atoms with E-state index in [1.807, 2.05) is 78.9 Å². The van der Waals surface area contributed by atoms with Crippen molar-refractivity contribution in [3.63, 3.8) is 0 Å². The van der Waals surface area contributed by atoms with E-state index >= 15 is 0 Å². The van der Waals surface area contributed by atoms with E-state index in [4.69, 9.17) is 34.8 Å². The maximum Gasteiger partial charge on any atom is 0.238 e. The van der Waals surface area contributed by atoms with Gasteiger partial charge in [-0.25, -0.2) is 4.98 Å². The Morgan fingerprint density at radius 1 is 0.441 bits per heavy atom. The quantitative estimate of drug-likeness (QED) is 0.173. The van der Waals surface area contributed by atoms with Crippen molar-refractivity contribution < 1.29 is 28.0 Å². The molecule has 0 bridgehead atoms. The lowest BCUT2D eigenvalue weighted by Crippen LogP contribution is -2.15. The van der Waals surface area contributed by atoms with E-state index in [-0.39, 0.29) is 77.1 Å². The lowest BCUT2D eigenvalue weighted by atomic mass is 10.1. The number of fused-ring (bicyclic) bond motifs is 12. The second-order valence-corrected chi connectivity index (χ2v) is 15.7. The summed E-state index contributed by atoms with van der Waals surface area (Å²) in [5, 5.41) is 2.83. The molecule has 0 atom stereocenters. The third kappa shape index (κ3) is 5.00. The van der Waals surface area contributed by atoms with Crippen molar-refractivity contribution in [3.05, 3.63) is 170 Å². The number of hydrogen-bond donors (Lipinski definition) is 0. The molecule has 0 amide bonds. The maximum absolute atomic E-state index is 9.79. The fourth-order valence-electron chi connectivity index (χ4n) is 7.71. The van der Waals surface area contributed by atoms with Gasteiger partial charge in [0.05, 0.1) is 40.7 Å². The predicted molar refractivity (Wildman–Crippen MR) is 246 cm³/mol. The Hall–Kier alpha value is -7.39. The van der Waals surface area contributed by atoms with Crippen LogP contribution in [0.1, 0.15) is 19.2 Å². The van der Waals surface area contributed by atoms with Gasteiger partial charge in [-0.1, -0.05) is 103 Å². The van der Waals surface area contributed by atoms with Gasteiger partial charge in [-0.15, -0.1) is 22.7 Å². The molecule has 0 saturated heterocycles. The molecule has 5 heterocycles. The van der Waals surface area contributed by atoms with Crippen molar-refractivity contribution in [1.82, 2.24) is 15.0 Å². The summed E-state index contributed by atoms with van der Waals surface area (Å²) < 4.78 is 140. The van der Waals surface area contributed by atoms with Crippen LogP contribution in [-0.4, -0.2) is 15.0 Å². The van der Waals surface area contributed by atoms with Crippen molar-refractivity contribution in [2.75, 3.05) is 4.90 Å². The first-order valence-electron chi connectivity index (χ1n) is 25.3. The summed E-state index contributed by atoms with van der Waals surface area (Å²) in [5.74, 6) is -0.933. The van der Waals surface area contributed by atoms with Gasteiger partial charge in [0, 0.05) is 62.9 Å².